The first kappa shape index (κ1) is 24.1. The number of carbonyl (C=O) groups excluding carboxylic acids is 4. The van der Waals surface area contributed by atoms with Crippen LogP contribution >= 0.6 is 0 Å². The lowest BCUT2D eigenvalue weighted by molar-refractivity contribution is -0.125. The molecule has 5 amide bonds. The Labute approximate surface area is 221 Å². The van der Waals surface area contributed by atoms with Gasteiger partial charge in [0, 0.05) is 49.1 Å². The Balaban J connectivity index is 1.26. The van der Waals surface area contributed by atoms with Gasteiger partial charge in [0.15, 0.2) is 11.1 Å². The van der Waals surface area contributed by atoms with Crippen LogP contribution in [-0.4, -0.2) is 52.3 Å². The first-order valence-electron chi connectivity index (χ1n) is 12.1. The molecule has 12 nitrogen and oxygen atoms in total. The average molecular weight is 527 g/mol. The van der Waals surface area contributed by atoms with E-state index < -0.39 is 17.5 Å². The van der Waals surface area contributed by atoms with Crippen molar-refractivity contribution in [3.8, 4) is 5.75 Å². The van der Waals surface area contributed by atoms with Crippen LogP contribution in [0.1, 0.15) is 38.5 Å². The summed E-state index contributed by atoms with van der Waals surface area (Å²) in [4.78, 5) is 60.8. The molecular weight excluding hydrogens is 504 g/mol. The van der Waals surface area contributed by atoms with E-state index in [2.05, 4.69) is 25.9 Å². The molecule has 0 bridgehead atoms. The lowest BCUT2D eigenvalue weighted by Crippen LogP contribution is -2.46. The minimum absolute atomic E-state index is 0.0624. The van der Waals surface area contributed by atoms with Gasteiger partial charge in [0.05, 0.1) is 7.11 Å². The summed E-state index contributed by atoms with van der Waals surface area (Å²) in [5.41, 5.74) is 0.993. The Kier molecular flexibility index (Phi) is 5.71. The Morgan fingerprint density at radius 1 is 1.13 bits per heavy atom. The average Bonchev–Trinajstić information content (AvgIpc) is 3.60. The number of anilines is 1. The van der Waals surface area contributed by atoms with E-state index in [1.54, 1.807) is 47.4 Å². The second-order valence-corrected chi connectivity index (χ2v) is 9.19. The molecule has 3 N–H and O–H groups in total. The summed E-state index contributed by atoms with van der Waals surface area (Å²) >= 11 is 0. The van der Waals surface area contributed by atoms with Crippen molar-refractivity contribution < 1.29 is 28.3 Å². The number of nitrogens with one attached hydrogen (secondary N) is 3. The number of nitrogens with zero attached hydrogens (tertiary/aromatic N) is 3. The molecule has 39 heavy (non-hydrogen) atoms. The van der Waals surface area contributed by atoms with Crippen LogP contribution in [0.25, 0.3) is 11.1 Å². The lowest BCUT2D eigenvalue weighted by atomic mass is 9.92. The van der Waals surface area contributed by atoms with Crippen molar-refractivity contribution in [1.29, 1.82) is 0 Å². The number of hydrogen-bond donors (Lipinski definition) is 3. The topological polar surface area (TPSA) is 156 Å². The zero-order valence-electron chi connectivity index (χ0n) is 20.7. The van der Waals surface area contributed by atoms with Crippen molar-refractivity contribution >= 4 is 40.7 Å². The highest BCUT2D eigenvalue weighted by Crippen LogP contribution is 2.35. The summed E-state index contributed by atoms with van der Waals surface area (Å²) in [5.74, 6) is -0.124. The van der Waals surface area contributed by atoms with E-state index in [0.717, 1.165) is 5.56 Å². The van der Waals surface area contributed by atoms with E-state index in [1.165, 1.54) is 19.5 Å². The van der Waals surface area contributed by atoms with Crippen LogP contribution in [0.3, 0.4) is 0 Å². The van der Waals surface area contributed by atoms with Crippen LogP contribution in [0.15, 0.2) is 65.3 Å². The Hall–Kier alpha value is -5.26. The van der Waals surface area contributed by atoms with Gasteiger partial charge in [-0.3, -0.25) is 24.7 Å². The summed E-state index contributed by atoms with van der Waals surface area (Å²) in [6.07, 6.45) is 3.09. The zero-order chi connectivity index (χ0) is 27.1. The number of fused-ring (bicyclic) bond motifs is 2. The maximum Gasteiger partial charge on any atom is 0.322 e. The van der Waals surface area contributed by atoms with Gasteiger partial charge < -0.3 is 24.7 Å². The highest BCUT2D eigenvalue weighted by molar-refractivity contribution is 6.08. The lowest BCUT2D eigenvalue weighted by Gasteiger charge is -2.26. The van der Waals surface area contributed by atoms with Gasteiger partial charge in [-0.1, -0.05) is 6.07 Å². The predicted molar refractivity (Wildman–Crippen MR) is 137 cm³/mol. The number of carbonyl (C=O) groups is 4. The normalized spacial score (nSPS) is 18.2. The minimum atomic E-state index is -1.55. The number of hydrogen-bond acceptors (Lipinski definition) is 8. The van der Waals surface area contributed by atoms with Crippen LogP contribution in [-0.2, 0) is 16.9 Å². The predicted octanol–water partition coefficient (Wildman–Crippen LogP) is 2.56. The van der Waals surface area contributed by atoms with E-state index in [1.807, 2.05) is 6.07 Å². The Bertz CT molecular complexity index is 1650. The molecule has 2 aliphatic heterocycles. The number of imide groups is 1. The monoisotopic (exact) mass is 526 g/mol. The molecule has 3 aromatic heterocycles. The fourth-order valence-electron chi connectivity index (χ4n) is 4.81. The largest absolute Gasteiger partial charge is 0.497 e. The molecule has 1 saturated heterocycles. The first-order chi connectivity index (χ1) is 18.9. The van der Waals surface area contributed by atoms with Crippen molar-refractivity contribution in [2.24, 2.45) is 0 Å². The van der Waals surface area contributed by atoms with Crippen molar-refractivity contribution in [2.45, 2.75) is 18.5 Å². The maximum atomic E-state index is 13.1. The Morgan fingerprint density at radius 3 is 2.69 bits per heavy atom. The number of benzene rings is 1. The summed E-state index contributed by atoms with van der Waals surface area (Å²) < 4.78 is 11.2. The third-order valence-corrected chi connectivity index (χ3v) is 6.87. The minimum Gasteiger partial charge on any atom is -0.497 e. The summed E-state index contributed by atoms with van der Waals surface area (Å²) in [6, 6.07) is 12.5. The van der Waals surface area contributed by atoms with Gasteiger partial charge in [-0.25, -0.2) is 9.78 Å². The molecule has 0 spiro atoms. The molecule has 5 heterocycles. The van der Waals surface area contributed by atoms with Crippen LogP contribution in [0.2, 0.25) is 0 Å². The molecule has 0 radical (unpaired) electrons. The van der Waals surface area contributed by atoms with Crippen LogP contribution < -0.4 is 20.7 Å². The second-order valence-electron chi connectivity index (χ2n) is 9.19. The number of urea groups is 1. The van der Waals surface area contributed by atoms with Crippen LogP contribution in [0, 0.1) is 0 Å². The van der Waals surface area contributed by atoms with Gasteiger partial charge in [0.25, 0.3) is 17.7 Å². The highest BCUT2D eigenvalue weighted by atomic mass is 16.5. The van der Waals surface area contributed by atoms with E-state index in [0.29, 0.717) is 34.5 Å². The van der Waals surface area contributed by atoms with Crippen LogP contribution in [0.4, 0.5) is 10.6 Å². The molecule has 196 valence electrons. The molecule has 1 fully saturated rings. The van der Waals surface area contributed by atoms with E-state index in [9.17, 15) is 19.2 Å². The Morgan fingerprint density at radius 2 is 1.95 bits per heavy atom. The number of pyridine rings is 2. The van der Waals surface area contributed by atoms with E-state index in [-0.39, 0.29) is 36.4 Å². The molecule has 1 atom stereocenters. The maximum absolute atomic E-state index is 13.1. The van der Waals surface area contributed by atoms with Gasteiger partial charge in [-0.05, 0) is 42.0 Å². The van der Waals surface area contributed by atoms with Crippen molar-refractivity contribution in [3.63, 3.8) is 0 Å². The highest BCUT2D eigenvalue weighted by Gasteiger charge is 2.50. The fourth-order valence-corrected chi connectivity index (χ4v) is 4.81. The summed E-state index contributed by atoms with van der Waals surface area (Å²) in [7, 11) is 1.53. The number of amides is 5. The molecule has 1 aromatic carbocycles. The molecular formula is C27H22N6O6. The van der Waals surface area contributed by atoms with Gasteiger partial charge in [-0.2, -0.15) is 0 Å². The molecule has 0 saturated carbocycles. The quantitative estimate of drug-likeness (QED) is 0.310. The zero-order valence-corrected chi connectivity index (χ0v) is 20.7. The SMILES string of the molecule is COc1ccc2c(c1)C(=O)N(CCC1(c3cc4nc(NC(=O)c5ccncc5)ccc4o3)NC(=O)NC1=O)C2. The molecule has 4 aromatic rings. The molecule has 0 aliphatic carbocycles. The third kappa shape index (κ3) is 4.21. The van der Waals surface area contributed by atoms with Gasteiger partial charge in [0.2, 0.25) is 0 Å². The molecule has 6 rings (SSSR count). The van der Waals surface area contributed by atoms with E-state index in [4.69, 9.17) is 9.15 Å². The standard InChI is InChI=1S/C27H22N6O6/c1-38-17-3-2-16-14-33(24(35)18(16)12-17)11-8-27(25(36)31-26(37)32-27)21-13-19-20(39-21)4-5-22(29-19)30-23(34)15-6-9-28-10-7-15/h2-7,9-10,12-13H,8,11,14H2,1H3,(H,29,30,34)(H2,31,32,36,37). The molecule has 2 aliphatic rings. The van der Waals surface area contributed by atoms with Crippen LogP contribution in [0.5, 0.6) is 5.75 Å². The smallest absolute Gasteiger partial charge is 0.322 e. The molecule has 12 heteroatoms. The summed E-state index contributed by atoms with van der Waals surface area (Å²) in [6.45, 7) is 0.535. The number of ether oxygens (including phenoxy) is 1. The van der Waals surface area contributed by atoms with Crippen molar-refractivity contribution in [2.75, 3.05) is 19.0 Å². The van der Waals surface area contributed by atoms with Crippen molar-refractivity contribution in [3.05, 3.63) is 83.4 Å². The third-order valence-electron chi connectivity index (χ3n) is 6.87. The summed E-state index contributed by atoms with van der Waals surface area (Å²) in [5, 5.41) is 7.68. The molecule has 1 unspecified atom stereocenters. The van der Waals surface area contributed by atoms with E-state index >= 15 is 0 Å². The first-order valence-corrected chi connectivity index (χ1v) is 12.1. The van der Waals surface area contributed by atoms with Gasteiger partial charge >= 0.3 is 6.03 Å². The number of aromatic nitrogens is 2. The number of furan rings is 1. The van der Waals surface area contributed by atoms with Crippen molar-refractivity contribution in [1.82, 2.24) is 25.5 Å². The fraction of sp³-hybridized carbons (Fsp3) is 0.185. The number of rotatable bonds is 7. The van der Waals surface area contributed by atoms with Gasteiger partial charge in [-0.15, -0.1) is 0 Å². The second kappa shape index (κ2) is 9.24. The number of methoxy groups -OCH3 is 1. The van der Waals surface area contributed by atoms with Gasteiger partial charge in [0.1, 0.15) is 22.8 Å².